The van der Waals surface area contributed by atoms with Crippen LogP contribution in [0.2, 0.25) is 0 Å². The molecule has 2 fully saturated rings. The summed E-state index contributed by atoms with van der Waals surface area (Å²) in [6, 6.07) is 12.6. The summed E-state index contributed by atoms with van der Waals surface area (Å²) in [5, 5.41) is 4.15. The summed E-state index contributed by atoms with van der Waals surface area (Å²) < 4.78 is 25.9. The van der Waals surface area contributed by atoms with Gasteiger partial charge in [0.05, 0.1) is 42.1 Å². The van der Waals surface area contributed by atoms with Crippen LogP contribution in [0.1, 0.15) is 18.2 Å². The summed E-state index contributed by atoms with van der Waals surface area (Å²) in [6.45, 7) is 7.31. The van der Waals surface area contributed by atoms with Gasteiger partial charge in [0.15, 0.2) is 0 Å². The molecule has 8 nitrogen and oxygen atoms in total. The first-order valence-corrected chi connectivity index (χ1v) is 13.6. The molecule has 39 heavy (non-hydrogen) atoms. The van der Waals surface area contributed by atoms with Gasteiger partial charge in [0, 0.05) is 48.9 Å². The van der Waals surface area contributed by atoms with Gasteiger partial charge in [-0.2, -0.15) is 0 Å². The van der Waals surface area contributed by atoms with E-state index in [1.54, 1.807) is 19.2 Å². The molecule has 1 aromatic heterocycles. The van der Waals surface area contributed by atoms with Crippen LogP contribution in [0.25, 0.3) is 10.9 Å². The molecule has 5 rings (SSSR count). The Labute approximate surface area is 237 Å². The number of ether oxygens (including phenoxy) is 2. The van der Waals surface area contributed by atoms with Gasteiger partial charge in [-0.05, 0) is 50.2 Å². The Kier molecular flexibility index (Phi) is 7.81. The minimum atomic E-state index is -0.512. The van der Waals surface area contributed by atoms with E-state index in [1.807, 2.05) is 43.0 Å². The molecule has 1 unspecified atom stereocenters. The number of thiocarbonyl (C=S) groups is 2. The largest absolute Gasteiger partial charge is 0.497 e. The summed E-state index contributed by atoms with van der Waals surface area (Å²) in [5.41, 5.74) is 3.40. The van der Waals surface area contributed by atoms with E-state index in [2.05, 4.69) is 15.2 Å². The zero-order chi connectivity index (χ0) is 27.7. The van der Waals surface area contributed by atoms with Crippen LogP contribution in [-0.2, 0) is 4.74 Å². The lowest BCUT2D eigenvalue weighted by atomic mass is 10.1. The fourth-order valence-corrected chi connectivity index (χ4v) is 5.40. The van der Waals surface area contributed by atoms with Gasteiger partial charge in [-0.25, -0.2) is 9.18 Å². The number of cyclic esters (lactones) is 1. The number of nitrogens with zero attached hydrogens (tertiary/aromatic N) is 4. The van der Waals surface area contributed by atoms with Crippen molar-refractivity contribution in [1.29, 1.82) is 0 Å². The van der Waals surface area contributed by atoms with Crippen LogP contribution >= 0.6 is 24.4 Å². The Morgan fingerprint density at radius 2 is 1.92 bits per heavy atom. The van der Waals surface area contributed by atoms with E-state index in [4.69, 9.17) is 33.9 Å². The lowest BCUT2D eigenvalue weighted by molar-refractivity contribution is 0.143. The average Bonchev–Trinajstić information content (AvgIpc) is 3.31. The smallest absolute Gasteiger partial charge is 0.414 e. The Morgan fingerprint density at radius 1 is 1.15 bits per heavy atom. The second-order valence-corrected chi connectivity index (χ2v) is 10.6. The molecule has 3 aromatic rings. The zero-order valence-corrected chi connectivity index (χ0v) is 23.7. The van der Waals surface area contributed by atoms with Crippen LogP contribution in [0.15, 0.2) is 42.5 Å². The van der Waals surface area contributed by atoms with Crippen LogP contribution in [0.5, 0.6) is 5.75 Å². The van der Waals surface area contributed by atoms with E-state index in [0.29, 0.717) is 36.0 Å². The van der Waals surface area contributed by atoms with Crippen molar-refractivity contribution in [3.63, 3.8) is 0 Å². The fraction of sp³-hybridized carbons (Fsp3) is 0.357. The van der Waals surface area contributed by atoms with E-state index in [9.17, 15) is 4.79 Å². The number of fused-ring (bicyclic) bond motifs is 1. The monoisotopic (exact) mass is 567 g/mol. The second-order valence-electron chi connectivity index (χ2n) is 9.64. The second kappa shape index (κ2) is 11.3. The number of halogens is 1. The summed E-state index contributed by atoms with van der Waals surface area (Å²) in [6.07, 6.45) is -0.954. The maximum absolute atomic E-state index is 15.1. The first-order chi connectivity index (χ1) is 18.7. The van der Waals surface area contributed by atoms with E-state index in [1.165, 1.54) is 11.0 Å². The molecule has 0 spiro atoms. The minimum Gasteiger partial charge on any atom is -0.497 e. The van der Waals surface area contributed by atoms with Crippen molar-refractivity contribution in [3.8, 4) is 5.75 Å². The van der Waals surface area contributed by atoms with Crippen molar-refractivity contribution >= 4 is 62.8 Å². The number of rotatable bonds is 6. The lowest BCUT2D eigenvalue weighted by Crippen LogP contribution is -2.47. The van der Waals surface area contributed by atoms with E-state index >= 15 is 4.39 Å². The number of anilines is 2. The quantitative estimate of drug-likeness (QED) is 0.435. The molecule has 1 N–H and O–H groups in total. The Morgan fingerprint density at radius 3 is 2.62 bits per heavy atom. The van der Waals surface area contributed by atoms with Crippen molar-refractivity contribution < 1.29 is 18.7 Å². The number of carbonyl (C=O) groups is 1. The zero-order valence-electron chi connectivity index (χ0n) is 22.1. The number of nitrogens with one attached hydrogen (secondary N) is 1. The third kappa shape index (κ3) is 5.74. The standard InChI is InChI=1S/C28H30FN5O3S2/c1-17-23(12-19-4-6-21(36-3)14-25(19)31-17)27(39)30-15-22-16-34(28(35)37-22)20-5-7-26(24(29)13-20)33-10-8-32(9-11-33)18(2)38/h4-7,12-14,22H,8-11,15-16H2,1-3H3,(H,30,39). The number of aryl methyl sites for hydroxylation is 1. The van der Waals surface area contributed by atoms with Gasteiger partial charge in [0.2, 0.25) is 0 Å². The van der Waals surface area contributed by atoms with Crippen LogP contribution in [-0.4, -0.2) is 78.4 Å². The molecule has 204 valence electrons. The van der Waals surface area contributed by atoms with Gasteiger partial charge in [-0.1, -0.05) is 24.4 Å². The topological polar surface area (TPSA) is 70.2 Å². The molecule has 0 radical (unpaired) electrons. The molecule has 0 aliphatic carbocycles. The van der Waals surface area contributed by atoms with Gasteiger partial charge < -0.3 is 24.6 Å². The highest BCUT2D eigenvalue weighted by molar-refractivity contribution is 7.80. The molecule has 0 bridgehead atoms. The maximum Gasteiger partial charge on any atom is 0.414 e. The van der Waals surface area contributed by atoms with Crippen LogP contribution < -0.4 is 19.9 Å². The molecule has 1 amide bonds. The Hall–Kier alpha value is -3.57. The van der Waals surface area contributed by atoms with Crippen LogP contribution in [0, 0.1) is 12.7 Å². The molecule has 2 aliphatic heterocycles. The maximum atomic E-state index is 15.1. The number of hydrogen-bond acceptors (Lipinski definition) is 7. The number of carbonyl (C=O) groups excluding carboxylic acids is 1. The molecule has 2 saturated heterocycles. The minimum absolute atomic E-state index is 0.286. The van der Waals surface area contributed by atoms with Gasteiger partial charge in [0.1, 0.15) is 22.7 Å². The summed E-state index contributed by atoms with van der Waals surface area (Å²) in [7, 11) is 1.62. The number of amides is 1. The number of benzene rings is 2. The van der Waals surface area contributed by atoms with E-state index in [0.717, 1.165) is 46.0 Å². The first-order valence-electron chi connectivity index (χ1n) is 12.7. The Bertz CT molecular complexity index is 1440. The summed E-state index contributed by atoms with van der Waals surface area (Å²) in [4.78, 5) is 24.2. The molecule has 2 aromatic carbocycles. The number of aromatic nitrogens is 1. The number of pyridine rings is 1. The molecule has 1 atom stereocenters. The fourth-order valence-electron chi connectivity index (χ4n) is 4.92. The summed E-state index contributed by atoms with van der Waals surface area (Å²) in [5.74, 6) is 0.373. The highest BCUT2D eigenvalue weighted by atomic mass is 32.1. The highest BCUT2D eigenvalue weighted by Crippen LogP contribution is 2.29. The van der Waals surface area contributed by atoms with Crippen LogP contribution in [0.3, 0.4) is 0 Å². The van der Waals surface area contributed by atoms with Crippen molar-refractivity contribution in [2.24, 2.45) is 0 Å². The number of hydrogen-bond donors (Lipinski definition) is 1. The number of piperazine rings is 1. The molecule has 3 heterocycles. The molecule has 11 heteroatoms. The van der Waals surface area contributed by atoms with Gasteiger partial charge in [-0.15, -0.1) is 0 Å². The third-order valence-electron chi connectivity index (χ3n) is 7.13. The van der Waals surface area contributed by atoms with Gasteiger partial charge >= 0.3 is 6.09 Å². The van der Waals surface area contributed by atoms with Gasteiger partial charge in [-0.3, -0.25) is 9.88 Å². The van der Waals surface area contributed by atoms with Crippen LogP contribution in [0.4, 0.5) is 20.6 Å². The van der Waals surface area contributed by atoms with E-state index < -0.39 is 12.2 Å². The molecular formula is C28H30FN5O3S2. The summed E-state index contributed by atoms with van der Waals surface area (Å²) >= 11 is 10.9. The van der Waals surface area contributed by atoms with Crippen molar-refractivity contribution in [2.75, 3.05) is 56.2 Å². The average molecular weight is 568 g/mol. The normalized spacial score (nSPS) is 17.4. The van der Waals surface area contributed by atoms with Gasteiger partial charge in [0.25, 0.3) is 0 Å². The van der Waals surface area contributed by atoms with Crippen molar-refractivity contribution in [2.45, 2.75) is 20.0 Å². The Balaban J connectivity index is 1.20. The first kappa shape index (κ1) is 27.0. The molecule has 0 saturated carbocycles. The predicted octanol–water partition coefficient (Wildman–Crippen LogP) is 4.45. The number of methoxy groups -OCH3 is 1. The van der Waals surface area contributed by atoms with Crippen molar-refractivity contribution in [3.05, 3.63) is 59.5 Å². The predicted molar refractivity (Wildman–Crippen MR) is 159 cm³/mol. The third-order valence-corrected chi connectivity index (χ3v) is 7.76. The molecule has 2 aliphatic rings. The van der Waals surface area contributed by atoms with E-state index in [-0.39, 0.29) is 12.4 Å². The lowest BCUT2D eigenvalue weighted by Gasteiger charge is -2.37. The molecular weight excluding hydrogens is 537 g/mol. The van der Waals surface area contributed by atoms with Crippen molar-refractivity contribution in [1.82, 2.24) is 15.2 Å². The highest BCUT2D eigenvalue weighted by Gasteiger charge is 2.33. The SMILES string of the molecule is COc1ccc2cc(C(=S)NCC3CN(c4ccc(N5CCN(C(C)=S)CC5)c(F)c4)C(=O)O3)c(C)nc2c1.